The van der Waals surface area contributed by atoms with Gasteiger partial charge in [0.05, 0.1) is 11.5 Å². The normalized spacial score (nSPS) is 12.7. The lowest BCUT2D eigenvalue weighted by Gasteiger charge is -2.25. The quantitative estimate of drug-likeness (QED) is 0.489. The third-order valence-corrected chi connectivity index (χ3v) is 3.21. The molecule has 0 atom stereocenters. The predicted octanol–water partition coefficient (Wildman–Crippen LogP) is 2.97. The van der Waals surface area contributed by atoms with Gasteiger partial charge in [0.2, 0.25) is 5.82 Å². The largest absolute Gasteiger partial charge is 0.444 e. The lowest BCUT2D eigenvalue weighted by atomic mass is 10.1. The van der Waals surface area contributed by atoms with Gasteiger partial charge in [-0.15, -0.1) is 0 Å². The predicted molar refractivity (Wildman–Crippen MR) is 97.4 cm³/mol. The highest BCUT2D eigenvalue weighted by atomic mass is 19.1. The molecule has 26 heavy (non-hydrogen) atoms. The van der Waals surface area contributed by atoms with Gasteiger partial charge in [0.1, 0.15) is 5.60 Å². The molecule has 1 aromatic carbocycles. The van der Waals surface area contributed by atoms with Gasteiger partial charge in [-0.3, -0.25) is 15.1 Å². The summed E-state index contributed by atoms with van der Waals surface area (Å²) in [5.41, 5.74) is 4.80. The van der Waals surface area contributed by atoms with Crippen LogP contribution in [-0.4, -0.2) is 48.4 Å². The highest BCUT2D eigenvalue weighted by molar-refractivity contribution is 5.91. The number of nitrogens with two attached hydrogens (primary N) is 1. The summed E-state index contributed by atoms with van der Waals surface area (Å²) in [5, 5.41) is 10.9. The summed E-state index contributed by atoms with van der Waals surface area (Å²) in [7, 11) is 2.99. The summed E-state index contributed by atoms with van der Waals surface area (Å²) in [6, 6.07) is 3.71. The van der Waals surface area contributed by atoms with Crippen molar-refractivity contribution in [3.63, 3.8) is 0 Å². The minimum atomic E-state index is -1.04. The van der Waals surface area contributed by atoms with E-state index in [-0.39, 0.29) is 17.8 Å². The number of nitro benzene ring substituents is 1. The zero-order valence-electron chi connectivity index (χ0n) is 15.4. The number of ether oxygens (including phenoxy) is 1. The third-order valence-electron chi connectivity index (χ3n) is 3.21. The Morgan fingerprint density at radius 1 is 1.46 bits per heavy atom. The Balaban J connectivity index is 3.25. The fourth-order valence-electron chi connectivity index (χ4n) is 2.05. The Morgan fingerprint density at radius 3 is 2.58 bits per heavy atom. The van der Waals surface area contributed by atoms with Gasteiger partial charge in [0.25, 0.3) is 0 Å². The number of carbonyl (C=O) groups is 1. The van der Waals surface area contributed by atoms with Crippen LogP contribution in [0, 0.1) is 15.9 Å². The van der Waals surface area contributed by atoms with E-state index in [2.05, 4.69) is 4.99 Å². The number of benzene rings is 1. The van der Waals surface area contributed by atoms with E-state index in [0.717, 1.165) is 6.07 Å². The van der Waals surface area contributed by atoms with Crippen LogP contribution in [0.2, 0.25) is 0 Å². The van der Waals surface area contributed by atoms with Crippen molar-refractivity contribution < 1.29 is 18.8 Å². The van der Waals surface area contributed by atoms with Gasteiger partial charge in [-0.05, 0) is 26.8 Å². The van der Waals surface area contributed by atoms with Gasteiger partial charge in [-0.25, -0.2) is 4.79 Å². The van der Waals surface area contributed by atoms with E-state index in [1.165, 1.54) is 37.3 Å². The number of aliphatic imine (C=N–C) groups is 1. The van der Waals surface area contributed by atoms with Gasteiger partial charge in [-0.1, -0.05) is 6.07 Å². The molecular weight excluding hydrogens is 343 g/mol. The van der Waals surface area contributed by atoms with Crippen LogP contribution in [0.1, 0.15) is 26.3 Å². The summed E-state index contributed by atoms with van der Waals surface area (Å²) < 4.78 is 19.6. The second-order valence-corrected chi connectivity index (χ2v) is 6.56. The molecule has 0 radical (unpaired) electrons. The van der Waals surface area contributed by atoms with Crippen molar-refractivity contribution >= 4 is 23.7 Å². The van der Waals surface area contributed by atoms with Crippen molar-refractivity contribution in [1.29, 1.82) is 0 Å². The lowest BCUT2D eigenvalue weighted by Crippen LogP contribution is -2.35. The van der Waals surface area contributed by atoms with E-state index < -0.39 is 28.1 Å². The van der Waals surface area contributed by atoms with Crippen molar-refractivity contribution in [1.82, 2.24) is 4.90 Å². The highest BCUT2D eigenvalue weighted by Gasteiger charge is 2.23. The first-order valence-electron chi connectivity index (χ1n) is 7.76. The van der Waals surface area contributed by atoms with Crippen molar-refractivity contribution in [2.45, 2.75) is 26.4 Å². The number of likely N-dealkylation sites (N-methyl/N-ethyl adjacent to an activating group) is 1. The second-order valence-electron chi connectivity index (χ2n) is 6.56. The van der Waals surface area contributed by atoms with Crippen molar-refractivity contribution in [2.75, 3.05) is 20.6 Å². The maximum absolute atomic E-state index is 14.4. The van der Waals surface area contributed by atoms with Crippen LogP contribution in [-0.2, 0) is 4.74 Å². The van der Waals surface area contributed by atoms with Crippen LogP contribution in [0.15, 0.2) is 28.8 Å². The molecule has 0 aliphatic rings. The molecule has 0 aromatic heterocycles. The topological polar surface area (TPSA) is 111 Å². The minimum Gasteiger partial charge on any atom is -0.444 e. The molecule has 2 N–H and O–H groups in total. The summed E-state index contributed by atoms with van der Waals surface area (Å²) in [6.45, 7) is 5.18. The second kappa shape index (κ2) is 8.41. The van der Waals surface area contributed by atoms with E-state index >= 15 is 0 Å². The Kier molecular flexibility index (Phi) is 6.82. The van der Waals surface area contributed by atoms with Gasteiger partial charge < -0.3 is 15.4 Å². The van der Waals surface area contributed by atoms with Crippen LogP contribution in [0.25, 0.3) is 5.70 Å². The Labute approximate surface area is 151 Å². The van der Waals surface area contributed by atoms with Crippen molar-refractivity contribution in [2.24, 2.45) is 10.7 Å². The Bertz CT molecular complexity index is 754. The summed E-state index contributed by atoms with van der Waals surface area (Å²) >= 11 is 0. The average Bonchev–Trinajstić information content (AvgIpc) is 2.52. The third kappa shape index (κ3) is 5.54. The average molecular weight is 366 g/mol. The molecular formula is C17H23FN4O4. The summed E-state index contributed by atoms with van der Waals surface area (Å²) in [4.78, 5) is 27.3. The number of rotatable bonds is 5. The van der Waals surface area contributed by atoms with Crippen LogP contribution >= 0.6 is 0 Å². The molecule has 0 aliphatic heterocycles. The SMILES string of the molecule is CN=C/C(CN(C)C(=O)OC(C)(C)C)=C(\N)c1cccc([N+](=O)[O-])c1F. The van der Waals surface area contributed by atoms with Gasteiger partial charge in [0.15, 0.2) is 0 Å². The van der Waals surface area contributed by atoms with E-state index in [1.54, 1.807) is 20.8 Å². The number of halogens is 1. The van der Waals surface area contributed by atoms with Crippen LogP contribution in [0.3, 0.4) is 0 Å². The molecule has 8 nitrogen and oxygen atoms in total. The van der Waals surface area contributed by atoms with E-state index in [1.807, 2.05) is 0 Å². The number of nitro groups is 1. The minimum absolute atomic E-state index is 0.0137. The number of hydrogen-bond donors (Lipinski definition) is 1. The van der Waals surface area contributed by atoms with Crippen LogP contribution in [0.4, 0.5) is 14.9 Å². The molecule has 0 fully saturated rings. The first-order chi connectivity index (χ1) is 12.0. The summed E-state index contributed by atoms with van der Waals surface area (Å²) in [6.07, 6.45) is 0.779. The lowest BCUT2D eigenvalue weighted by molar-refractivity contribution is -0.387. The van der Waals surface area contributed by atoms with Crippen molar-refractivity contribution in [3.05, 3.63) is 45.3 Å². The van der Waals surface area contributed by atoms with Gasteiger partial charge in [-0.2, -0.15) is 4.39 Å². The summed E-state index contributed by atoms with van der Waals surface area (Å²) in [5.74, 6) is -1.04. The van der Waals surface area contributed by atoms with Crippen LogP contribution < -0.4 is 5.73 Å². The maximum atomic E-state index is 14.4. The fraction of sp³-hybridized carbons (Fsp3) is 0.412. The molecule has 0 heterocycles. The molecule has 9 heteroatoms. The monoisotopic (exact) mass is 366 g/mol. The zero-order valence-corrected chi connectivity index (χ0v) is 15.4. The van der Waals surface area contributed by atoms with E-state index in [0.29, 0.717) is 5.57 Å². The molecule has 0 bridgehead atoms. The smallest absolute Gasteiger partial charge is 0.410 e. The first-order valence-corrected chi connectivity index (χ1v) is 7.76. The standard InChI is InChI=1S/C17H23FN4O4/c1-17(2,3)26-16(23)21(5)10-11(9-20-4)15(19)12-7-6-8-13(14(12)18)22(24)25/h6-9H,10,19H2,1-5H3/b15-11+,20-9?. The van der Waals surface area contributed by atoms with Gasteiger partial charge in [0, 0.05) is 43.2 Å². The van der Waals surface area contributed by atoms with Crippen LogP contribution in [0.5, 0.6) is 0 Å². The Morgan fingerprint density at radius 2 is 2.08 bits per heavy atom. The zero-order chi connectivity index (χ0) is 20.1. The molecule has 0 saturated heterocycles. The molecule has 142 valence electrons. The number of hydrogen-bond acceptors (Lipinski definition) is 6. The van der Waals surface area contributed by atoms with Crippen molar-refractivity contribution in [3.8, 4) is 0 Å². The molecule has 0 saturated carbocycles. The molecule has 1 aromatic rings. The van der Waals surface area contributed by atoms with E-state index in [9.17, 15) is 19.3 Å². The number of carbonyl (C=O) groups excluding carboxylic acids is 1. The molecule has 0 spiro atoms. The Hall–Kier alpha value is -2.97. The maximum Gasteiger partial charge on any atom is 0.410 e. The number of nitrogens with zero attached hydrogens (tertiary/aromatic N) is 3. The molecule has 1 amide bonds. The van der Waals surface area contributed by atoms with E-state index in [4.69, 9.17) is 10.5 Å². The molecule has 1 rings (SSSR count). The first kappa shape index (κ1) is 21.1. The fourth-order valence-corrected chi connectivity index (χ4v) is 2.05. The van der Waals surface area contributed by atoms with Gasteiger partial charge >= 0.3 is 11.8 Å². The highest BCUT2D eigenvalue weighted by Crippen LogP contribution is 2.25. The number of amides is 1. The molecule has 0 unspecified atom stereocenters. The molecule has 0 aliphatic carbocycles.